The van der Waals surface area contributed by atoms with Crippen LogP contribution in [0.4, 0.5) is 0 Å². The average Bonchev–Trinajstić information content (AvgIpc) is 2.43. The summed E-state index contributed by atoms with van der Waals surface area (Å²) < 4.78 is 5.69. The van der Waals surface area contributed by atoms with Gasteiger partial charge in [-0.2, -0.15) is 0 Å². The van der Waals surface area contributed by atoms with Gasteiger partial charge in [0, 0.05) is 13.2 Å². The van der Waals surface area contributed by atoms with Crippen LogP contribution in [0.1, 0.15) is 90.4 Å². The molecule has 0 aliphatic heterocycles. The Hall–Kier alpha value is -0.120. The predicted octanol–water partition coefficient (Wildman–Crippen LogP) is 4.31. The number of hydrazine groups is 1. The predicted molar refractivity (Wildman–Crippen MR) is 86.5 cm³/mol. The molecule has 1 aliphatic carbocycles. The van der Waals surface area contributed by atoms with Crippen molar-refractivity contribution in [3.05, 3.63) is 0 Å². The van der Waals surface area contributed by atoms with E-state index in [1.165, 1.54) is 77.0 Å². The lowest BCUT2D eigenvalue weighted by Gasteiger charge is -2.42. The first-order valence-corrected chi connectivity index (χ1v) is 8.77. The van der Waals surface area contributed by atoms with E-state index in [2.05, 4.69) is 12.3 Å². The number of hydrogen-bond donors (Lipinski definition) is 2. The Morgan fingerprint density at radius 2 is 1.65 bits per heavy atom. The lowest BCUT2D eigenvalue weighted by molar-refractivity contribution is -0.0840. The fourth-order valence-corrected chi connectivity index (χ4v) is 3.28. The molecular formula is C17H36N2O. The van der Waals surface area contributed by atoms with Gasteiger partial charge in [-0.1, -0.05) is 58.3 Å². The molecule has 0 aromatic heterocycles. The highest BCUT2D eigenvalue weighted by atomic mass is 16.5. The summed E-state index contributed by atoms with van der Waals surface area (Å²) in [5.41, 5.74) is 3.14. The van der Waals surface area contributed by atoms with E-state index < -0.39 is 0 Å². The summed E-state index contributed by atoms with van der Waals surface area (Å²) in [7, 11) is 1.85. The topological polar surface area (TPSA) is 47.3 Å². The van der Waals surface area contributed by atoms with Crippen molar-refractivity contribution in [2.75, 3.05) is 7.11 Å². The summed E-state index contributed by atoms with van der Waals surface area (Å²) in [5.74, 6) is 5.70. The standard InChI is InChI=1S/C17H36N2O/c1-3-4-5-6-7-8-9-10-12-16(19-18)15-17(20-2)13-11-14-17/h16,19H,3-15,18H2,1-2H3. The molecule has 3 N–H and O–H groups in total. The minimum Gasteiger partial charge on any atom is -0.378 e. The van der Waals surface area contributed by atoms with Crippen LogP contribution in [0, 0.1) is 0 Å². The van der Waals surface area contributed by atoms with E-state index >= 15 is 0 Å². The van der Waals surface area contributed by atoms with Crippen LogP contribution in [0.3, 0.4) is 0 Å². The Kier molecular flexibility index (Phi) is 9.49. The molecule has 0 aromatic carbocycles. The van der Waals surface area contributed by atoms with Gasteiger partial charge in [-0.25, -0.2) is 0 Å². The zero-order chi connectivity index (χ0) is 14.7. The molecule has 1 fully saturated rings. The first-order valence-electron chi connectivity index (χ1n) is 8.77. The monoisotopic (exact) mass is 284 g/mol. The van der Waals surface area contributed by atoms with Gasteiger partial charge in [0.2, 0.25) is 0 Å². The molecular weight excluding hydrogens is 248 g/mol. The number of rotatable bonds is 13. The second kappa shape index (κ2) is 10.6. The second-order valence-electron chi connectivity index (χ2n) is 6.57. The van der Waals surface area contributed by atoms with Crippen molar-refractivity contribution < 1.29 is 4.74 Å². The Morgan fingerprint density at radius 1 is 1.05 bits per heavy atom. The van der Waals surface area contributed by atoms with Crippen molar-refractivity contribution in [1.29, 1.82) is 0 Å². The summed E-state index contributed by atoms with van der Waals surface area (Å²) in [6, 6.07) is 0.426. The summed E-state index contributed by atoms with van der Waals surface area (Å²) >= 11 is 0. The zero-order valence-electron chi connectivity index (χ0n) is 13.8. The lowest BCUT2D eigenvalue weighted by atomic mass is 9.75. The Morgan fingerprint density at radius 3 is 2.10 bits per heavy atom. The molecule has 0 amide bonds. The lowest BCUT2D eigenvalue weighted by Crippen LogP contribution is -2.47. The molecule has 1 rings (SSSR count). The molecule has 3 heteroatoms. The third-order valence-corrected chi connectivity index (χ3v) is 4.96. The van der Waals surface area contributed by atoms with Gasteiger partial charge in [0.05, 0.1) is 5.60 Å². The van der Waals surface area contributed by atoms with Gasteiger partial charge in [-0.3, -0.25) is 11.3 Å². The van der Waals surface area contributed by atoms with Crippen LogP contribution >= 0.6 is 0 Å². The van der Waals surface area contributed by atoms with Crippen LogP contribution < -0.4 is 11.3 Å². The number of methoxy groups -OCH3 is 1. The minimum absolute atomic E-state index is 0.136. The van der Waals surface area contributed by atoms with Crippen LogP contribution in [0.5, 0.6) is 0 Å². The zero-order valence-corrected chi connectivity index (χ0v) is 13.8. The maximum Gasteiger partial charge on any atom is 0.0694 e. The van der Waals surface area contributed by atoms with Crippen LogP contribution in [0.2, 0.25) is 0 Å². The smallest absolute Gasteiger partial charge is 0.0694 e. The first-order chi connectivity index (χ1) is 9.76. The van der Waals surface area contributed by atoms with E-state index in [1.807, 2.05) is 7.11 Å². The quantitative estimate of drug-likeness (QED) is 0.301. The fraction of sp³-hybridized carbons (Fsp3) is 1.00. The number of hydrogen-bond acceptors (Lipinski definition) is 3. The van der Waals surface area contributed by atoms with Gasteiger partial charge in [0.25, 0.3) is 0 Å². The van der Waals surface area contributed by atoms with Crippen LogP contribution in [0.25, 0.3) is 0 Å². The van der Waals surface area contributed by atoms with Crippen LogP contribution in [-0.4, -0.2) is 18.8 Å². The van der Waals surface area contributed by atoms with Gasteiger partial charge < -0.3 is 4.74 Å². The van der Waals surface area contributed by atoms with Gasteiger partial charge in [0.1, 0.15) is 0 Å². The SMILES string of the molecule is CCCCCCCCCCC(CC1(OC)CCC1)NN. The summed E-state index contributed by atoms with van der Waals surface area (Å²) in [6.07, 6.45) is 17.0. The maximum absolute atomic E-state index is 5.70. The maximum atomic E-state index is 5.70. The Balaban J connectivity index is 2.01. The molecule has 0 aromatic rings. The molecule has 1 unspecified atom stereocenters. The summed E-state index contributed by atoms with van der Waals surface area (Å²) in [6.45, 7) is 2.27. The molecule has 0 saturated heterocycles. The Bertz CT molecular complexity index is 224. The van der Waals surface area contributed by atoms with Crippen molar-refractivity contribution in [2.45, 2.75) is 102 Å². The first kappa shape index (κ1) is 17.9. The van der Waals surface area contributed by atoms with Crippen molar-refractivity contribution >= 4 is 0 Å². The van der Waals surface area contributed by atoms with Crippen molar-refractivity contribution in [2.24, 2.45) is 5.84 Å². The summed E-state index contributed by atoms with van der Waals surface area (Å²) in [5, 5.41) is 0. The fourth-order valence-electron chi connectivity index (χ4n) is 3.28. The molecule has 1 atom stereocenters. The number of nitrogens with two attached hydrogens (primary N) is 1. The van der Waals surface area contributed by atoms with Gasteiger partial charge in [0.15, 0.2) is 0 Å². The van der Waals surface area contributed by atoms with Crippen molar-refractivity contribution in [3.8, 4) is 0 Å². The van der Waals surface area contributed by atoms with Gasteiger partial charge in [-0.15, -0.1) is 0 Å². The highest BCUT2D eigenvalue weighted by molar-refractivity contribution is 4.92. The third-order valence-electron chi connectivity index (χ3n) is 4.96. The minimum atomic E-state index is 0.136. The molecule has 0 bridgehead atoms. The summed E-state index contributed by atoms with van der Waals surface area (Å²) in [4.78, 5) is 0. The highest BCUT2D eigenvalue weighted by Crippen LogP contribution is 2.39. The molecule has 3 nitrogen and oxygen atoms in total. The van der Waals surface area contributed by atoms with E-state index in [0.29, 0.717) is 6.04 Å². The molecule has 1 saturated carbocycles. The molecule has 120 valence electrons. The van der Waals surface area contributed by atoms with Crippen LogP contribution in [-0.2, 0) is 4.74 Å². The molecule has 1 aliphatic rings. The van der Waals surface area contributed by atoms with Crippen LogP contribution in [0.15, 0.2) is 0 Å². The van der Waals surface area contributed by atoms with Gasteiger partial charge in [-0.05, 0) is 32.1 Å². The molecule has 20 heavy (non-hydrogen) atoms. The highest BCUT2D eigenvalue weighted by Gasteiger charge is 2.38. The van der Waals surface area contributed by atoms with Crippen molar-refractivity contribution in [1.82, 2.24) is 5.43 Å². The third kappa shape index (κ3) is 6.55. The molecule has 0 spiro atoms. The molecule has 0 radical (unpaired) electrons. The normalized spacial score (nSPS) is 18.8. The number of unbranched alkanes of at least 4 members (excludes halogenated alkanes) is 7. The second-order valence-corrected chi connectivity index (χ2v) is 6.57. The van der Waals surface area contributed by atoms with E-state index in [9.17, 15) is 0 Å². The van der Waals surface area contributed by atoms with E-state index in [1.54, 1.807) is 0 Å². The largest absolute Gasteiger partial charge is 0.378 e. The van der Waals surface area contributed by atoms with E-state index in [4.69, 9.17) is 10.6 Å². The number of nitrogens with one attached hydrogen (secondary N) is 1. The van der Waals surface area contributed by atoms with E-state index in [-0.39, 0.29) is 5.60 Å². The molecule has 0 heterocycles. The average molecular weight is 284 g/mol. The number of ether oxygens (including phenoxy) is 1. The van der Waals surface area contributed by atoms with E-state index in [0.717, 1.165) is 6.42 Å². The van der Waals surface area contributed by atoms with Crippen molar-refractivity contribution in [3.63, 3.8) is 0 Å². The van der Waals surface area contributed by atoms with Gasteiger partial charge >= 0.3 is 0 Å². The Labute approximate surface area is 126 Å².